The van der Waals surface area contributed by atoms with Gasteiger partial charge in [0.05, 0.1) is 13.2 Å². The molecule has 0 aliphatic heterocycles. The normalized spacial score (nSPS) is 13.8. The van der Waals surface area contributed by atoms with Gasteiger partial charge in [0.2, 0.25) is 0 Å². The maximum atomic E-state index is 11.5. The Hall–Kier alpha value is -0.440. The minimum Gasteiger partial charge on any atom is -0.462 e. The van der Waals surface area contributed by atoms with Gasteiger partial charge in [-0.2, -0.15) is 25.3 Å². The maximum absolute atomic E-state index is 11.5. The van der Waals surface area contributed by atoms with Crippen molar-refractivity contribution in [1.82, 2.24) is 0 Å². The van der Waals surface area contributed by atoms with E-state index in [9.17, 15) is 9.59 Å². The number of carbonyl (C=O) groups excluding carboxylic acids is 2. The molecule has 0 spiro atoms. The number of ether oxygens (including phenoxy) is 4. The Balaban J connectivity index is 4.02. The molecule has 2 unspecified atom stereocenters. The van der Waals surface area contributed by atoms with E-state index >= 15 is 0 Å². The van der Waals surface area contributed by atoms with Crippen LogP contribution in [0.25, 0.3) is 0 Å². The molecule has 6 nitrogen and oxygen atoms in total. The third-order valence-electron chi connectivity index (χ3n) is 1.85. The highest BCUT2D eigenvalue weighted by molar-refractivity contribution is 7.86. The molecular formula is C10H18O6S2. The lowest BCUT2D eigenvalue weighted by atomic mass is 10.3. The molecule has 0 heterocycles. The van der Waals surface area contributed by atoms with Crippen LogP contribution in [0.4, 0.5) is 0 Å². The second kappa shape index (κ2) is 10.5. The summed E-state index contributed by atoms with van der Waals surface area (Å²) < 4.78 is 19.1. The number of hydrogen-bond acceptors (Lipinski definition) is 8. The first-order valence-electron chi connectivity index (χ1n) is 5.21. The van der Waals surface area contributed by atoms with E-state index < -0.39 is 22.4 Å². The minimum atomic E-state index is -0.986. The standard InChI is InChI=1S/C10H18O6S2/c1-13-3-5-15-9(11)7(17)8(18)10(12)16-6-4-14-2/h7-8,17-18H,3-6H2,1-2H3. The largest absolute Gasteiger partial charge is 0.462 e. The van der Waals surface area contributed by atoms with Gasteiger partial charge in [-0.15, -0.1) is 0 Å². The van der Waals surface area contributed by atoms with E-state index in [0.29, 0.717) is 0 Å². The van der Waals surface area contributed by atoms with Crippen LogP contribution < -0.4 is 0 Å². The van der Waals surface area contributed by atoms with Gasteiger partial charge in [-0.25, -0.2) is 0 Å². The minimum absolute atomic E-state index is 0.103. The van der Waals surface area contributed by atoms with Crippen molar-refractivity contribution in [3.8, 4) is 0 Å². The van der Waals surface area contributed by atoms with Crippen LogP contribution in [0.5, 0.6) is 0 Å². The molecule has 0 rings (SSSR count). The van der Waals surface area contributed by atoms with E-state index in [1.165, 1.54) is 14.2 Å². The highest BCUT2D eigenvalue weighted by Gasteiger charge is 2.30. The van der Waals surface area contributed by atoms with E-state index in [4.69, 9.17) is 18.9 Å². The number of rotatable bonds is 9. The first-order valence-corrected chi connectivity index (χ1v) is 6.25. The van der Waals surface area contributed by atoms with Gasteiger partial charge in [0.1, 0.15) is 23.7 Å². The summed E-state index contributed by atoms with van der Waals surface area (Å²) in [5.74, 6) is -1.28. The number of thiol groups is 2. The van der Waals surface area contributed by atoms with Crippen LogP contribution in [0, 0.1) is 0 Å². The number of esters is 2. The zero-order valence-electron chi connectivity index (χ0n) is 10.3. The van der Waals surface area contributed by atoms with Gasteiger partial charge in [0, 0.05) is 14.2 Å². The third kappa shape index (κ3) is 7.10. The lowest BCUT2D eigenvalue weighted by Crippen LogP contribution is -2.35. The van der Waals surface area contributed by atoms with Crippen molar-refractivity contribution >= 4 is 37.2 Å². The number of hydrogen-bond donors (Lipinski definition) is 2. The summed E-state index contributed by atoms with van der Waals surface area (Å²) in [6.07, 6.45) is 0. The zero-order valence-corrected chi connectivity index (χ0v) is 12.1. The average Bonchev–Trinajstić information content (AvgIpc) is 2.37. The smallest absolute Gasteiger partial charge is 0.320 e. The summed E-state index contributed by atoms with van der Waals surface area (Å²) >= 11 is 7.97. The molecule has 0 radical (unpaired) electrons. The fourth-order valence-corrected chi connectivity index (χ4v) is 1.27. The van der Waals surface area contributed by atoms with E-state index in [1.807, 2.05) is 0 Å². The summed E-state index contributed by atoms with van der Waals surface area (Å²) in [6, 6.07) is 0. The molecule has 0 fully saturated rings. The summed E-state index contributed by atoms with van der Waals surface area (Å²) in [7, 11) is 2.97. The Morgan fingerprint density at radius 3 is 1.44 bits per heavy atom. The molecule has 8 heteroatoms. The van der Waals surface area contributed by atoms with Crippen molar-refractivity contribution in [2.45, 2.75) is 10.5 Å². The molecule has 0 bridgehead atoms. The highest BCUT2D eigenvalue weighted by atomic mass is 32.1. The van der Waals surface area contributed by atoms with Crippen LogP contribution in [0.1, 0.15) is 0 Å². The molecule has 0 N–H and O–H groups in total. The third-order valence-corrected chi connectivity index (χ3v) is 3.10. The zero-order chi connectivity index (χ0) is 14.0. The molecule has 0 aromatic heterocycles. The Labute approximate surface area is 117 Å². The van der Waals surface area contributed by atoms with Gasteiger partial charge in [-0.1, -0.05) is 0 Å². The van der Waals surface area contributed by atoms with Crippen LogP contribution in [0.3, 0.4) is 0 Å². The van der Waals surface area contributed by atoms with E-state index in [-0.39, 0.29) is 26.4 Å². The quantitative estimate of drug-likeness (QED) is 0.354. The highest BCUT2D eigenvalue weighted by Crippen LogP contribution is 2.13. The van der Waals surface area contributed by atoms with Crippen LogP contribution in [-0.2, 0) is 28.5 Å². The van der Waals surface area contributed by atoms with Crippen molar-refractivity contribution in [3.05, 3.63) is 0 Å². The molecule has 0 saturated carbocycles. The van der Waals surface area contributed by atoms with Gasteiger partial charge >= 0.3 is 11.9 Å². The molecule has 106 valence electrons. The predicted molar refractivity (Wildman–Crippen MR) is 71.2 cm³/mol. The predicted octanol–water partition coefficient (Wildman–Crippen LogP) is -0.0376. The van der Waals surface area contributed by atoms with Crippen LogP contribution in [0.2, 0.25) is 0 Å². The molecular weight excluding hydrogens is 280 g/mol. The molecule has 0 saturated heterocycles. The van der Waals surface area contributed by atoms with Crippen molar-refractivity contribution in [2.75, 3.05) is 40.6 Å². The first kappa shape index (κ1) is 17.6. The van der Waals surface area contributed by atoms with Gasteiger partial charge in [-0.3, -0.25) is 9.59 Å². The number of methoxy groups -OCH3 is 2. The molecule has 0 aliphatic rings. The Morgan fingerprint density at radius 2 is 1.17 bits per heavy atom. The van der Waals surface area contributed by atoms with E-state index in [1.54, 1.807) is 0 Å². The molecule has 2 atom stereocenters. The first-order chi connectivity index (χ1) is 8.54. The molecule has 0 amide bonds. The van der Waals surface area contributed by atoms with Gasteiger partial charge < -0.3 is 18.9 Å². The van der Waals surface area contributed by atoms with Crippen LogP contribution >= 0.6 is 25.3 Å². The fourth-order valence-electron chi connectivity index (χ4n) is 0.880. The van der Waals surface area contributed by atoms with Gasteiger partial charge in [-0.05, 0) is 0 Å². The second-order valence-corrected chi connectivity index (χ2v) is 4.32. The Kier molecular flexibility index (Phi) is 10.2. The maximum Gasteiger partial charge on any atom is 0.320 e. The van der Waals surface area contributed by atoms with Crippen molar-refractivity contribution in [1.29, 1.82) is 0 Å². The van der Waals surface area contributed by atoms with Crippen molar-refractivity contribution < 1.29 is 28.5 Å². The average molecular weight is 298 g/mol. The Morgan fingerprint density at radius 1 is 0.833 bits per heavy atom. The molecule has 0 aromatic carbocycles. The SMILES string of the molecule is COCCOC(=O)C(S)C(S)C(=O)OCCOC. The second-order valence-electron chi connectivity index (χ2n) is 3.21. The van der Waals surface area contributed by atoms with Crippen molar-refractivity contribution in [3.63, 3.8) is 0 Å². The van der Waals surface area contributed by atoms with E-state index in [2.05, 4.69) is 25.3 Å². The van der Waals surface area contributed by atoms with Crippen molar-refractivity contribution in [2.24, 2.45) is 0 Å². The molecule has 18 heavy (non-hydrogen) atoms. The number of carbonyl (C=O) groups is 2. The molecule has 0 aliphatic carbocycles. The van der Waals surface area contributed by atoms with Gasteiger partial charge in [0.15, 0.2) is 0 Å². The molecule has 0 aromatic rings. The van der Waals surface area contributed by atoms with Crippen LogP contribution in [0.15, 0.2) is 0 Å². The lowest BCUT2D eigenvalue weighted by Gasteiger charge is -2.16. The lowest BCUT2D eigenvalue weighted by molar-refractivity contribution is -0.150. The van der Waals surface area contributed by atoms with Gasteiger partial charge in [0.25, 0.3) is 0 Å². The fraction of sp³-hybridized carbons (Fsp3) is 0.800. The summed E-state index contributed by atoms with van der Waals surface area (Å²) in [5.41, 5.74) is 0. The van der Waals surface area contributed by atoms with E-state index in [0.717, 1.165) is 0 Å². The summed E-state index contributed by atoms with van der Waals surface area (Å²) in [4.78, 5) is 22.9. The monoisotopic (exact) mass is 298 g/mol. The van der Waals surface area contributed by atoms with Crippen LogP contribution in [-0.4, -0.2) is 63.1 Å². The topological polar surface area (TPSA) is 71.1 Å². The summed E-state index contributed by atoms with van der Waals surface area (Å²) in [5, 5.41) is -1.97. The summed E-state index contributed by atoms with van der Waals surface area (Å²) in [6.45, 7) is 0.765. The Bertz CT molecular complexity index is 235.